The molecule has 4 nitrogen and oxygen atoms in total. The average Bonchev–Trinajstić information content (AvgIpc) is 3.10. The van der Waals surface area contributed by atoms with Gasteiger partial charge in [-0.3, -0.25) is 0 Å². The fourth-order valence-electron chi connectivity index (χ4n) is 6.32. The lowest BCUT2D eigenvalue weighted by molar-refractivity contribution is 1.26. The van der Waals surface area contributed by atoms with Crippen LogP contribution >= 0.6 is 0 Å². The maximum absolute atomic E-state index is 9.25. The first kappa shape index (κ1) is 25.4. The van der Waals surface area contributed by atoms with Crippen LogP contribution in [0.5, 0.6) is 0 Å². The number of hydrogen-bond donors (Lipinski definition) is 0. The second-order valence-electron chi connectivity index (χ2n) is 10.9. The molecule has 0 unspecified atom stereocenters. The van der Waals surface area contributed by atoms with Gasteiger partial charge >= 0.3 is 0 Å². The van der Waals surface area contributed by atoms with Crippen molar-refractivity contribution in [2.75, 3.05) is 0 Å². The molecule has 0 fully saturated rings. The third-order valence-corrected chi connectivity index (χ3v) is 8.46. The zero-order chi connectivity index (χ0) is 29.6. The molecule has 0 atom stereocenters. The summed E-state index contributed by atoms with van der Waals surface area (Å²) in [6, 6.07) is 44.6. The van der Waals surface area contributed by atoms with Crippen LogP contribution in [0.3, 0.4) is 0 Å². The maximum atomic E-state index is 9.25. The Morgan fingerprint density at radius 3 is 1.50 bits per heavy atom. The van der Waals surface area contributed by atoms with Crippen molar-refractivity contribution in [3.05, 3.63) is 151 Å². The molecule has 2 heterocycles. The van der Waals surface area contributed by atoms with Crippen molar-refractivity contribution in [1.29, 1.82) is 5.26 Å². The summed E-state index contributed by atoms with van der Waals surface area (Å²) in [6.45, 7) is 7.28. The standard InChI is InChI=1S/C40H22N4/c1-42-38-23-32(19-21-44-38)26-4-8-28(9-5-26)35-15-11-30-12-16-36-34(14-10-29-13-17-37(35)40(30)39(29)36)27-6-2-25(3-7-27)31-18-20-43-33(22-31)24-41/h2-23H. The van der Waals surface area contributed by atoms with Crippen molar-refractivity contribution in [2.45, 2.75) is 0 Å². The van der Waals surface area contributed by atoms with Gasteiger partial charge in [0.05, 0.1) is 0 Å². The summed E-state index contributed by atoms with van der Waals surface area (Å²) >= 11 is 0. The quantitative estimate of drug-likeness (QED) is 0.159. The molecule has 0 aliphatic carbocycles. The summed E-state index contributed by atoms with van der Waals surface area (Å²) in [5.41, 5.74) is 9.18. The molecule has 0 amide bonds. The van der Waals surface area contributed by atoms with Crippen LogP contribution in [0.15, 0.2) is 134 Å². The summed E-state index contributed by atoms with van der Waals surface area (Å²) in [4.78, 5) is 11.7. The monoisotopic (exact) mass is 558 g/mol. The number of aromatic nitrogens is 2. The molecule has 6 aromatic carbocycles. The molecule has 0 saturated carbocycles. The topological polar surface area (TPSA) is 53.9 Å². The molecule has 0 N–H and O–H groups in total. The van der Waals surface area contributed by atoms with Crippen LogP contribution in [-0.4, -0.2) is 9.97 Å². The van der Waals surface area contributed by atoms with Gasteiger partial charge in [0.25, 0.3) is 5.82 Å². The van der Waals surface area contributed by atoms with E-state index in [4.69, 9.17) is 6.57 Å². The molecule has 0 bridgehead atoms. The predicted octanol–water partition coefficient (Wildman–Crippen LogP) is 10.5. The SMILES string of the molecule is [C-]#[N+]c1cc(-c2ccc(-c3ccc4ccc5c(-c6ccc(-c7ccnc(C#N)c7)cc6)ccc6ccc3c4c65)cc2)ccn1. The molecule has 44 heavy (non-hydrogen) atoms. The lowest BCUT2D eigenvalue weighted by atomic mass is 9.87. The lowest BCUT2D eigenvalue weighted by Gasteiger charge is -2.17. The second-order valence-corrected chi connectivity index (χ2v) is 10.9. The average molecular weight is 559 g/mol. The van der Waals surface area contributed by atoms with E-state index in [9.17, 15) is 5.26 Å². The van der Waals surface area contributed by atoms with Crippen molar-refractivity contribution in [3.63, 3.8) is 0 Å². The Morgan fingerprint density at radius 1 is 0.500 bits per heavy atom. The van der Waals surface area contributed by atoms with E-state index in [2.05, 4.69) is 118 Å². The van der Waals surface area contributed by atoms with Crippen LogP contribution in [0.2, 0.25) is 0 Å². The van der Waals surface area contributed by atoms with Crippen LogP contribution in [0.1, 0.15) is 5.69 Å². The molecule has 0 saturated heterocycles. The molecule has 8 rings (SSSR count). The van der Waals surface area contributed by atoms with E-state index < -0.39 is 0 Å². The van der Waals surface area contributed by atoms with E-state index in [-0.39, 0.29) is 0 Å². The molecule has 0 spiro atoms. The fourth-order valence-corrected chi connectivity index (χ4v) is 6.32. The summed E-state index contributed by atoms with van der Waals surface area (Å²) in [7, 11) is 0. The minimum absolute atomic E-state index is 0.400. The molecular weight excluding hydrogens is 536 g/mol. The van der Waals surface area contributed by atoms with Gasteiger partial charge in [-0.05, 0) is 101 Å². The van der Waals surface area contributed by atoms with Gasteiger partial charge in [0.2, 0.25) is 0 Å². The summed E-state index contributed by atoms with van der Waals surface area (Å²) < 4.78 is 0. The minimum Gasteiger partial charge on any atom is -0.361 e. The number of rotatable bonds is 4. The van der Waals surface area contributed by atoms with Crippen molar-refractivity contribution < 1.29 is 0 Å². The van der Waals surface area contributed by atoms with Crippen LogP contribution in [0.25, 0.3) is 81.7 Å². The Balaban J connectivity index is 1.23. The van der Waals surface area contributed by atoms with E-state index >= 15 is 0 Å². The number of hydrogen-bond acceptors (Lipinski definition) is 3. The fraction of sp³-hybridized carbons (Fsp3) is 0. The predicted molar refractivity (Wildman–Crippen MR) is 178 cm³/mol. The van der Waals surface area contributed by atoms with E-state index in [1.54, 1.807) is 12.4 Å². The molecule has 2 aromatic heterocycles. The lowest BCUT2D eigenvalue weighted by Crippen LogP contribution is -1.90. The molecule has 4 heteroatoms. The zero-order valence-corrected chi connectivity index (χ0v) is 23.5. The molecule has 0 radical (unpaired) electrons. The van der Waals surface area contributed by atoms with Gasteiger partial charge in [0, 0.05) is 6.20 Å². The Kier molecular flexibility index (Phi) is 5.86. The van der Waals surface area contributed by atoms with E-state index in [0.29, 0.717) is 11.5 Å². The van der Waals surface area contributed by atoms with E-state index in [1.807, 2.05) is 24.3 Å². The second kappa shape index (κ2) is 10.2. The minimum atomic E-state index is 0.400. The molecule has 202 valence electrons. The first-order valence-corrected chi connectivity index (χ1v) is 14.3. The number of benzene rings is 6. The highest BCUT2D eigenvalue weighted by Crippen LogP contribution is 2.42. The molecule has 0 aliphatic rings. The van der Waals surface area contributed by atoms with Crippen molar-refractivity contribution >= 4 is 38.1 Å². The summed E-state index contributed by atoms with van der Waals surface area (Å²) in [6.07, 6.45) is 3.37. The normalized spacial score (nSPS) is 11.1. The Labute approximate surface area is 254 Å². The highest BCUT2D eigenvalue weighted by atomic mass is 14.8. The summed E-state index contributed by atoms with van der Waals surface area (Å²) in [5.74, 6) is 0.400. The van der Waals surface area contributed by atoms with Crippen LogP contribution in [0, 0.1) is 17.9 Å². The largest absolute Gasteiger partial charge is 0.361 e. The van der Waals surface area contributed by atoms with Crippen LogP contribution in [0.4, 0.5) is 5.82 Å². The van der Waals surface area contributed by atoms with Gasteiger partial charge in [-0.25, -0.2) is 4.98 Å². The number of pyridine rings is 2. The van der Waals surface area contributed by atoms with Gasteiger partial charge < -0.3 is 4.85 Å². The number of nitriles is 1. The maximum Gasteiger partial charge on any atom is 0.270 e. The zero-order valence-electron chi connectivity index (χ0n) is 23.5. The van der Waals surface area contributed by atoms with Gasteiger partial charge in [0.1, 0.15) is 18.0 Å². The van der Waals surface area contributed by atoms with Gasteiger partial charge in [0.15, 0.2) is 0 Å². The smallest absolute Gasteiger partial charge is 0.270 e. The Bertz CT molecular complexity index is 2270. The van der Waals surface area contributed by atoms with Crippen molar-refractivity contribution in [2.24, 2.45) is 0 Å². The van der Waals surface area contributed by atoms with E-state index in [1.165, 1.54) is 43.4 Å². The van der Waals surface area contributed by atoms with Gasteiger partial charge in [-0.1, -0.05) is 104 Å². The molecule has 8 aromatic rings. The van der Waals surface area contributed by atoms with E-state index in [0.717, 1.165) is 33.4 Å². The van der Waals surface area contributed by atoms with Gasteiger partial charge in [-0.15, -0.1) is 4.98 Å². The third kappa shape index (κ3) is 4.14. The van der Waals surface area contributed by atoms with Crippen LogP contribution < -0.4 is 0 Å². The Hall–Kier alpha value is -6.36. The van der Waals surface area contributed by atoms with Gasteiger partial charge in [-0.2, -0.15) is 5.26 Å². The Morgan fingerprint density at radius 2 is 0.977 bits per heavy atom. The van der Waals surface area contributed by atoms with Crippen molar-refractivity contribution in [3.8, 4) is 50.6 Å². The van der Waals surface area contributed by atoms with Crippen molar-refractivity contribution in [1.82, 2.24) is 9.97 Å². The highest BCUT2D eigenvalue weighted by molar-refractivity contribution is 6.27. The number of nitrogens with zero attached hydrogens (tertiary/aromatic N) is 4. The first-order valence-electron chi connectivity index (χ1n) is 14.3. The molecule has 0 aliphatic heterocycles. The first-order chi connectivity index (χ1) is 21.7. The molecular formula is C40H22N4. The third-order valence-electron chi connectivity index (χ3n) is 8.46. The highest BCUT2D eigenvalue weighted by Gasteiger charge is 2.15. The van der Waals surface area contributed by atoms with Crippen LogP contribution in [-0.2, 0) is 0 Å². The summed E-state index contributed by atoms with van der Waals surface area (Å²) in [5, 5.41) is 16.7.